The van der Waals surface area contributed by atoms with Gasteiger partial charge < -0.3 is 15.4 Å². The first-order chi connectivity index (χ1) is 12.9. The predicted octanol–water partition coefficient (Wildman–Crippen LogP) is 0.819. The Morgan fingerprint density at radius 1 is 1.22 bits per heavy atom. The van der Waals surface area contributed by atoms with Gasteiger partial charge in [-0.1, -0.05) is 0 Å². The SMILES string of the molecule is COC(=O)CC(CSCCNC(=O)CCNC(C)=O)C(=O)c1cccnc1. The average molecular weight is 395 g/mol. The lowest BCUT2D eigenvalue weighted by molar-refractivity contribution is -0.141. The maximum atomic E-state index is 12.6. The minimum absolute atomic E-state index is 0.000300. The van der Waals surface area contributed by atoms with E-state index in [4.69, 9.17) is 0 Å². The van der Waals surface area contributed by atoms with Crippen LogP contribution in [0.4, 0.5) is 0 Å². The van der Waals surface area contributed by atoms with Gasteiger partial charge in [0.1, 0.15) is 0 Å². The molecule has 0 saturated carbocycles. The molecule has 1 aromatic heterocycles. The third-order valence-electron chi connectivity index (χ3n) is 3.57. The van der Waals surface area contributed by atoms with Crippen LogP contribution in [0.2, 0.25) is 0 Å². The highest BCUT2D eigenvalue weighted by Crippen LogP contribution is 2.18. The van der Waals surface area contributed by atoms with Crippen molar-refractivity contribution < 1.29 is 23.9 Å². The summed E-state index contributed by atoms with van der Waals surface area (Å²) in [5.74, 6) is -0.393. The molecule has 0 bridgehead atoms. The molecule has 1 aromatic rings. The van der Waals surface area contributed by atoms with Crippen LogP contribution in [0.5, 0.6) is 0 Å². The van der Waals surface area contributed by atoms with Gasteiger partial charge in [-0.05, 0) is 12.1 Å². The van der Waals surface area contributed by atoms with Crippen LogP contribution in [-0.4, -0.2) is 60.3 Å². The Morgan fingerprint density at radius 2 is 2.00 bits per heavy atom. The number of ether oxygens (including phenoxy) is 1. The standard InChI is InChI=1S/C18H25N3O5S/c1-13(22)20-7-5-16(23)21-8-9-27-12-15(10-17(24)26-2)18(25)14-4-3-6-19-11-14/h3-4,6,11,15H,5,7-10,12H2,1-2H3,(H,20,22)(H,21,23). The van der Waals surface area contributed by atoms with Crippen molar-refractivity contribution >= 4 is 35.3 Å². The molecule has 1 heterocycles. The maximum Gasteiger partial charge on any atom is 0.306 e. The number of carbonyl (C=O) groups is 4. The summed E-state index contributed by atoms with van der Waals surface area (Å²) in [7, 11) is 1.29. The van der Waals surface area contributed by atoms with Crippen LogP contribution >= 0.6 is 11.8 Å². The van der Waals surface area contributed by atoms with Crippen molar-refractivity contribution in [3.63, 3.8) is 0 Å². The molecule has 1 atom stereocenters. The first-order valence-corrected chi connectivity index (χ1v) is 9.69. The van der Waals surface area contributed by atoms with Gasteiger partial charge in [-0.2, -0.15) is 11.8 Å². The third kappa shape index (κ3) is 9.74. The molecule has 2 N–H and O–H groups in total. The van der Waals surface area contributed by atoms with E-state index in [-0.39, 0.29) is 30.4 Å². The first kappa shape index (κ1) is 22.6. The van der Waals surface area contributed by atoms with Crippen LogP contribution in [0.25, 0.3) is 0 Å². The van der Waals surface area contributed by atoms with E-state index < -0.39 is 11.9 Å². The van der Waals surface area contributed by atoms with E-state index in [1.807, 2.05) is 0 Å². The molecule has 0 spiro atoms. The summed E-state index contributed by atoms with van der Waals surface area (Å²) in [4.78, 5) is 50.4. The van der Waals surface area contributed by atoms with Crippen LogP contribution in [0, 0.1) is 5.92 Å². The molecule has 1 unspecified atom stereocenters. The highest BCUT2D eigenvalue weighted by Gasteiger charge is 2.23. The van der Waals surface area contributed by atoms with Crippen molar-refractivity contribution in [1.82, 2.24) is 15.6 Å². The minimum Gasteiger partial charge on any atom is -0.469 e. The summed E-state index contributed by atoms with van der Waals surface area (Å²) >= 11 is 1.47. The number of thioether (sulfide) groups is 1. The third-order valence-corrected chi connectivity index (χ3v) is 4.70. The molecule has 0 radical (unpaired) electrons. The van der Waals surface area contributed by atoms with Crippen LogP contribution in [-0.2, 0) is 19.1 Å². The second-order valence-electron chi connectivity index (χ2n) is 5.74. The molecule has 148 valence electrons. The topological polar surface area (TPSA) is 114 Å². The summed E-state index contributed by atoms with van der Waals surface area (Å²) < 4.78 is 4.68. The summed E-state index contributed by atoms with van der Waals surface area (Å²) in [6.45, 7) is 2.14. The van der Waals surface area contributed by atoms with Crippen molar-refractivity contribution in [1.29, 1.82) is 0 Å². The van der Waals surface area contributed by atoms with Gasteiger partial charge in [0.05, 0.1) is 13.5 Å². The lowest BCUT2D eigenvalue weighted by atomic mass is 9.97. The lowest BCUT2D eigenvalue weighted by Crippen LogP contribution is -2.31. The zero-order valence-corrected chi connectivity index (χ0v) is 16.3. The van der Waals surface area contributed by atoms with Crippen LogP contribution in [0.15, 0.2) is 24.5 Å². The quantitative estimate of drug-likeness (QED) is 0.306. The molecule has 8 nitrogen and oxygen atoms in total. The fourth-order valence-electron chi connectivity index (χ4n) is 2.18. The van der Waals surface area contributed by atoms with E-state index in [9.17, 15) is 19.2 Å². The molecule has 0 aliphatic heterocycles. The van der Waals surface area contributed by atoms with Crippen LogP contribution in [0.1, 0.15) is 30.1 Å². The number of hydrogen-bond acceptors (Lipinski definition) is 7. The fraction of sp³-hybridized carbons (Fsp3) is 0.500. The summed E-state index contributed by atoms with van der Waals surface area (Å²) in [5, 5.41) is 5.30. The second-order valence-corrected chi connectivity index (χ2v) is 6.89. The number of hydrogen-bond donors (Lipinski definition) is 2. The van der Waals surface area contributed by atoms with Crippen molar-refractivity contribution in [2.24, 2.45) is 5.92 Å². The Labute approximate surface area is 162 Å². The number of methoxy groups -OCH3 is 1. The molecule has 9 heteroatoms. The van der Waals surface area contributed by atoms with E-state index in [0.717, 1.165) is 0 Å². The molecule has 2 amide bonds. The summed E-state index contributed by atoms with van der Waals surface area (Å²) in [6.07, 6.45) is 3.27. The molecule has 0 fully saturated rings. The molecule has 27 heavy (non-hydrogen) atoms. The normalized spacial score (nSPS) is 11.3. The zero-order valence-electron chi connectivity index (χ0n) is 15.5. The summed E-state index contributed by atoms with van der Waals surface area (Å²) in [5.41, 5.74) is 0.457. The summed E-state index contributed by atoms with van der Waals surface area (Å²) in [6, 6.07) is 3.34. The predicted molar refractivity (Wildman–Crippen MR) is 102 cm³/mol. The van der Waals surface area contributed by atoms with E-state index in [2.05, 4.69) is 20.4 Å². The highest BCUT2D eigenvalue weighted by atomic mass is 32.2. The van der Waals surface area contributed by atoms with Gasteiger partial charge in [-0.25, -0.2) is 0 Å². The monoisotopic (exact) mass is 395 g/mol. The average Bonchev–Trinajstić information content (AvgIpc) is 2.66. The van der Waals surface area contributed by atoms with Gasteiger partial charge in [0, 0.05) is 61.8 Å². The number of ketones is 1. The number of nitrogens with zero attached hydrogens (tertiary/aromatic N) is 1. The number of esters is 1. The van der Waals surface area contributed by atoms with Gasteiger partial charge in [0.2, 0.25) is 11.8 Å². The number of pyridine rings is 1. The van der Waals surface area contributed by atoms with Gasteiger partial charge in [-0.3, -0.25) is 24.2 Å². The van der Waals surface area contributed by atoms with Crippen LogP contribution in [0.3, 0.4) is 0 Å². The van der Waals surface area contributed by atoms with E-state index in [1.165, 1.54) is 32.0 Å². The number of aromatic nitrogens is 1. The van der Waals surface area contributed by atoms with Gasteiger partial charge >= 0.3 is 5.97 Å². The van der Waals surface area contributed by atoms with E-state index >= 15 is 0 Å². The number of nitrogens with one attached hydrogen (secondary N) is 2. The molecule has 0 aliphatic rings. The van der Waals surface area contributed by atoms with Crippen molar-refractivity contribution in [3.8, 4) is 0 Å². The fourth-order valence-corrected chi connectivity index (χ4v) is 3.15. The van der Waals surface area contributed by atoms with E-state index in [1.54, 1.807) is 18.3 Å². The Balaban J connectivity index is 2.39. The number of Topliss-reactive ketones (excluding diaryl/α,β-unsaturated/α-hetero) is 1. The number of amides is 2. The van der Waals surface area contributed by atoms with Crippen LogP contribution < -0.4 is 10.6 Å². The molecule has 1 rings (SSSR count). The van der Waals surface area contributed by atoms with Gasteiger partial charge in [0.25, 0.3) is 0 Å². The van der Waals surface area contributed by atoms with Crippen molar-refractivity contribution in [3.05, 3.63) is 30.1 Å². The van der Waals surface area contributed by atoms with Crippen molar-refractivity contribution in [2.45, 2.75) is 19.8 Å². The maximum absolute atomic E-state index is 12.6. The Bertz CT molecular complexity index is 639. The largest absolute Gasteiger partial charge is 0.469 e. The van der Waals surface area contributed by atoms with Crippen molar-refractivity contribution in [2.75, 3.05) is 31.7 Å². The smallest absolute Gasteiger partial charge is 0.306 e. The Hall–Kier alpha value is -2.42. The Kier molecular flexibility index (Phi) is 10.8. The highest BCUT2D eigenvalue weighted by molar-refractivity contribution is 7.99. The second kappa shape index (κ2) is 12.9. The van der Waals surface area contributed by atoms with E-state index in [0.29, 0.717) is 30.2 Å². The molecule has 0 aromatic carbocycles. The van der Waals surface area contributed by atoms with Gasteiger partial charge in [0.15, 0.2) is 5.78 Å². The molecule has 0 saturated heterocycles. The molecular weight excluding hydrogens is 370 g/mol. The molecule has 0 aliphatic carbocycles. The first-order valence-electron chi connectivity index (χ1n) is 8.54. The number of rotatable bonds is 12. The van der Waals surface area contributed by atoms with Gasteiger partial charge in [-0.15, -0.1) is 0 Å². The Morgan fingerprint density at radius 3 is 2.63 bits per heavy atom. The lowest BCUT2D eigenvalue weighted by Gasteiger charge is -2.14. The molecular formula is C18H25N3O5S. The minimum atomic E-state index is -0.512. The number of carbonyl (C=O) groups excluding carboxylic acids is 4. The zero-order chi connectivity index (χ0) is 20.1.